The molecule has 0 bridgehead atoms. The lowest BCUT2D eigenvalue weighted by Gasteiger charge is -2.37. The smallest absolute Gasteiger partial charge is 0.322 e. The van der Waals surface area contributed by atoms with Crippen molar-refractivity contribution in [1.82, 2.24) is 10.2 Å². The Morgan fingerprint density at radius 2 is 1.69 bits per heavy atom. The maximum atomic E-state index is 12.9. The Labute approximate surface area is 172 Å². The molecular weight excluding hydrogens is 364 g/mol. The van der Waals surface area contributed by atoms with E-state index in [0.717, 1.165) is 18.8 Å². The van der Waals surface area contributed by atoms with Gasteiger partial charge in [-0.05, 0) is 56.7 Å². The van der Waals surface area contributed by atoms with Crippen LogP contribution in [0, 0.1) is 13.8 Å². The van der Waals surface area contributed by atoms with E-state index in [1.165, 1.54) is 16.8 Å². The quantitative estimate of drug-likeness (QED) is 0.873. The standard InChI is InChI=1S/C23H28N4O2/c1-16-4-9-21(17(2)14-16)25-10-12-26(13-11-25)22(28)19-5-7-20(8-6-19)27-18(3)15-24-23(27)29/h4-9,14,18H,10-13,15H2,1-3H3,(H,24,29). The highest BCUT2D eigenvalue weighted by Crippen LogP contribution is 2.24. The van der Waals surface area contributed by atoms with Crippen LogP contribution in [-0.2, 0) is 0 Å². The summed E-state index contributed by atoms with van der Waals surface area (Å²) in [6.45, 7) is 9.98. The van der Waals surface area contributed by atoms with Gasteiger partial charge < -0.3 is 15.1 Å². The van der Waals surface area contributed by atoms with E-state index in [1.807, 2.05) is 36.1 Å². The average molecular weight is 393 g/mol. The third kappa shape index (κ3) is 3.79. The summed E-state index contributed by atoms with van der Waals surface area (Å²) in [5.74, 6) is 0.0516. The molecule has 6 heteroatoms. The number of benzene rings is 2. The fourth-order valence-corrected chi connectivity index (χ4v) is 4.24. The Balaban J connectivity index is 1.40. The maximum Gasteiger partial charge on any atom is 0.322 e. The van der Waals surface area contributed by atoms with Crippen molar-refractivity contribution in [2.24, 2.45) is 0 Å². The largest absolute Gasteiger partial charge is 0.368 e. The number of hydrogen-bond acceptors (Lipinski definition) is 3. The molecule has 2 fully saturated rings. The Hall–Kier alpha value is -3.02. The van der Waals surface area contributed by atoms with E-state index in [0.29, 0.717) is 25.2 Å². The van der Waals surface area contributed by atoms with Crippen LogP contribution in [0.4, 0.5) is 16.2 Å². The lowest BCUT2D eigenvalue weighted by Crippen LogP contribution is -2.49. The summed E-state index contributed by atoms with van der Waals surface area (Å²) >= 11 is 0. The summed E-state index contributed by atoms with van der Waals surface area (Å²) in [5, 5.41) is 2.84. The molecule has 0 spiro atoms. The minimum Gasteiger partial charge on any atom is -0.368 e. The third-order valence-corrected chi connectivity index (χ3v) is 5.86. The van der Waals surface area contributed by atoms with E-state index >= 15 is 0 Å². The Morgan fingerprint density at radius 1 is 1.00 bits per heavy atom. The van der Waals surface area contributed by atoms with Gasteiger partial charge in [0.15, 0.2) is 0 Å². The molecule has 29 heavy (non-hydrogen) atoms. The molecule has 4 rings (SSSR count). The molecule has 0 aliphatic carbocycles. The van der Waals surface area contributed by atoms with Gasteiger partial charge in [0.2, 0.25) is 0 Å². The highest BCUT2D eigenvalue weighted by molar-refractivity contribution is 5.97. The Kier molecular flexibility index (Phi) is 5.18. The Morgan fingerprint density at radius 3 is 2.28 bits per heavy atom. The van der Waals surface area contributed by atoms with Crippen molar-refractivity contribution in [3.63, 3.8) is 0 Å². The topological polar surface area (TPSA) is 55.9 Å². The molecule has 0 radical (unpaired) electrons. The third-order valence-electron chi connectivity index (χ3n) is 5.86. The number of carbonyl (C=O) groups is 2. The number of aryl methyl sites for hydroxylation is 2. The van der Waals surface area contributed by atoms with Crippen LogP contribution in [0.5, 0.6) is 0 Å². The van der Waals surface area contributed by atoms with Crippen LogP contribution in [-0.4, -0.2) is 55.6 Å². The summed E-state index contributed by atoms with van der Waals surface area (Å²) < 4.78 is 0. The zero-order valence-electron chi connectivity index (χ0n) is 17.3. The van der Waals surface area contributed by atoms with E-state index in [9.17, 15) is 9.59 Å². The van der Waals surface area contributed by atoms with E-state index < -0.39 is 0 Å². The van der Waals surface area contributed by atoms with Crippen molar-refractivity contribution in [1.29, 1.82) is 0 Å². The second-order valence-electron chi connectivity index (χ2n) is 8.02. The van der Waals surface area contributed by atoms with Crippen molar-refractivity contribution < 1.29 is 9.59 Å². The van der Waals surface area contributed by atoms with Gasteiger partial charge in [-0.25, -0.2) is 4.79 Å². The lowest BCUT2D eigenvalue weighted by atomic mass is 10.1. The number of anilines is 2. The molecule has 2 aromatic rings. The molecule has 1 unspecified atom stereocenters. The van der Waals surface area contributed by atoms with E-state index in [-0.39, 0.29) is 18.0 Å². The van der Waals surface area contributed by atoms with Crippen molar-refractivity contribution in [3.8, 4) is 0 Å². The molecule has 3 amide bonds. The minimum absolute atomic E-state index is 0.0516. The van der Waals surface area contributed by atoms with Gasteiger partial charge in [-0.15, -0.1) is 0 Å². The van der Waals surface area contributed by atoms with Gasteiger partial charge in [-0.2, -0.15) is 0 Å². The number of amides is 3. The predicted octanol–water partition coefficient (Wildman–Crippen LogP) is 3.18. The van der Waals surface area contributed by atoms with Gasteiger partial charge in [0.1, 0.15) is 0 Å². The first-order chi connectivity index (χ1) is 13.9. The normalized spacial score (nSPS) is 19.5. The second kappa shape index (κ2) is 7.78. The predicted molar refractivity (Wildman–Crippen MR) is 116 cm³/mol. The molecule has 2 aromatic carbocycles. The van der Waals surface area contributed by atoms with E-state index in [1.54, 1.807) is 4.90 Å². The summed E-state index contributed by atoms with van der Waals surface area (Å²) in [6, 6.07) is 13.9. The van der Waals surface area contributed by atoms with Crippen LogP contribution < -0.4 is 15.1 Å². The number of rotatable bonds is 3. The van der Waals surface area contributed by atoms with Crippen LogP contribution >= 0.6 is 0 Å². The fraction of sp³-hybridized carbons (Fsp3) is 0.391. The van der Waals surface area contributed by atoms with Crippen LogP contribution in [0.3, 0.4) is 0 Å². The summed E-state index contributed by atoms with van der Waals surface area (Å²) in [7, 11) is 0. The van der Waals surface area contributed by atoms with E-state index in [4.69, 9.17) is 0 Å². The fourth-order valence-electron chi connectivity index (χ4n) is 4.24. The van der Waals surface area contributed by atoms with Gasteiger partial charge >= 0.3 is 6.03 Å². The number of piperazine rings is 1. The summed E-state index contributed by atoms with van der Waals surface area (Å²) in [5.41, 5.74) is 5.29. The van der Waals surface area contributed by atoms with Crippen LogP contribution in [0.15, 0.2) is 42.5 Å². The first-order valence-electron chi connectivity index (χ1n) is 10.2. The molecule has 2 aliphatic heterocycles. The first kappa shape index (κ1) is 19.3. The number of nitrogens with one attached hydrogen (secondary N) is 1. The molecule has 1 N–H and O–H groups in total. The van der Waals surface area contributed by atoms with Crippen LogP contribution in [0.1, 0.15) is 28.4 Å². The average Bonchev–Trinajstić information content (AvgIpc) is 3.06. The molecule has 152 valence electrons. The lowest BCUT2D eigenvalue weighted by molar-refractivity contribution is 0.0747. The van der Waals surface area contributed by atoms with Crippen LogP contribution in [0.25, 0.3) is 0 Å². The molecule has 2 aliphatic rings. The molecular formula is C23H28N4O2. The summed E-state index contributed by atoms with van der Waals surface area (Å²) in [6.07, 6.45) is 0. The zero-order chi connectivity index (χ0) is 20.5. The number of carbonyl (C=O) groups excluding carboxylic acids is 2. The molecule has 2 heterocycles. The highest BCUT2D eigenvalue weighted by atomic mass is 16.2. The summed E-state index contributed by atoms with van der Waals surface area (Å²) in [4.78, 5) is 30.9. The van der Waals surface area contributed by atoms with Crippen molar-refractivity contribution in [3.05, 3.63) is 59.2 Å². The number of urea groups is 1. The number of nitrogens with zero attached hydrogens (tertiary/aromatic N) is 3. The Bertz CT molecular complexity index is 917. The second-order valence-corrected chi connectivity index (χ2v) is 8.02. The molecule has 6 nitrogen and oxygen atoms in total. The van der Waals surface area contributed by atoms with E-state index in [2.05, 4.69) is 42.3 Å². The van der Waals surface area contributed by atoms with Gasteiger partial charge in [0, 0.05) is 49.7 Å². The van der Waals surface area contributed by atoms with Gasteiger partial charge in [-0.3, -0.25) is 9.69 Å². The SMILES string of the molecule is Cc1ccc(N2CCN(C(=O)c3ccc(N4C(=O)NCC4C)cc3)CC2)c(C)c1. The highest BCUT2D eigenvalue weighted by Gasteiger charge is 2.29. The van der Waals surface area contributed by atoms with Crippen LogP contribution in [0.2, 0.25) is 0 Å². The van der Waals surface area contributed by atoms with Crippen molar-refractivity contribution in [2.45, 2.75) is 26.8 Å². The van der Waals surface area contributed by atoms with Gasteiger partial charge in [0.05, 0.1) is 6.04 Å². The minimum atomic E-state index is -0.0842. The van der Waals surface area contributed by atoms with Crippen molar-refractivity contribution >= 4 is 23.3 Å². The first-order valence-corrected chi connectivity index (χ1v) is 10.2. The molecule has 1 atom stereocenters. The number of hydrogen-bond donors (Lipinski definition) is 1. The van der Waals surface area contributed by atoms with Gasteiger partial charge in [-0.1, -0.05) is 17.7 Å². The zero-order valence-corrected chi connectivity index (χ0v) is 17.3. The molecule has 0 aromatic heterocycles. The maximum absolute atomic E-state index is 12.9. The van der Waals surface area contributed by atoms with Crippen molar-refractivity contribution in [2.75, 3.05) is 42.5 Å². The molecule has 2 saturated heterocycles. The van der Waals surface area contributed by atoms with Gasteiger partial charge in [0.25, 0.3) is 5.91 Å². The molecule has 0 saturated carbocycles. The monoisotopic (exact) mass is 392 g/mol.